The molecule has 0 amide bonds. The second-order valence-electron chi connectivity index (χ2n) is 6.64. The number of Topliss-reactive ketones (excluding diaryl/α,β-unsaturated/α-hetero) is 1. The molecule has 1 saturated heterocycles. The first-order chi connectivity index (χ1) is 15.0. The number of carbonyl (C=O) groups excluding carboxylic acids is 1. The minimum atomic E-state index is -0.0297. The highest BCUT2D eigenvalue weighted by atomic mass is 79.9. The summed E-state index contributed by atoms with van der Waals surface area (Å²) in [6, 6.07) is 11.2. The van der Waals surface area contributed by atoms with E-state index in [9.17, 15) is 4.79 Å². The van der Waals surface area contributed by atoms with Crippen LogP contribution in [0.2, 0.25) is 0 Å². The fourth-order valence-electron chi connectivity index (χ4n) is 2.92. The van der Waals surface area contributed by atoms with Crippen molar-refractivity contribution in [1.29, 1.82) is 0 Å². The summed E-state index contributed by atoms with van der Waals surface area (Å²) in [6.45, 7) is 0.858. The van der Waals surface area contributed by atoms with Crippen LogP contribution in [0.5, 0.6) is 11.5 Å². The number of halogens is 2. The van der Waals surface area contributed by atoms with Crippen molar-refractivity contribution in [2.75, 3.05) is 41.0 Å². The predicted octanol–water partition coefficient (Wildman–Crippen LogP) is 5.24. The Labute approximate surface area is 198 Å². The van der Waals surface area contributed by atoms with Gasteiger partial charge in [-0.15, -0.1) is 0 Å². The molecule has 0 spiro atoms. The van der Waals surface area contributed by atoms with E-state index in [1.807, 2.05) is 48.6 Å². The molecule has 164 valence electrons. The van der Waals surface area contributed by atoms with Crippen LogP contribution in [0.1, 0.15) is 11.1 Å². The first kappa shape index (κ1) is 23.7. The van der Waals surface area contributed by atoms with Crippen LogP contribution in [-0.4, -0.2) is 46.8 Å². The molecular formula is C23H22Br2O6. The highest BCUT2D eigenvalue weighted by molar-refractivity contribution is 9.10. The Morgan fingerprint density at radius 1 is 0.839 bits per heavy atom. The van der Waals surface area contributed by atoms with Gasteiger partial charge < -0.3 is 23.7 Å². The maximum Gasteiger partial charge on any atom is 0.189 e. The van der Waals surface area contributed by atoms with E-state index >= 15 is 0 Å². The molecule has 0 saturated carbocycles. The number of carbonyl (C=O) groups is 1. The quantitative estimate of drug-likeness (QED) is 0.329. The van der Waals surface area contributed by atoms with E-state index in [1.165, 1.54) is 0 Å². The monoisotopic (exact) mass is 552 g/mol. The van der Waals surface area contributed by atoms with Crippen LogP contribution < -0.4 is 9.47 Å². The van der Waals surface area contributed by atoms with Crippen LogP contribution >= 0.6 is 31.9 Å². The molecule has 1 heterocycles. The van der Waals surface area contributed by atoms with E-state index in [0.29, 0.717) is 22.6 Å². The number of rotatable bonds is 8. The summed E-state index contributed by atoms with van der Waals surface area (Å²) in [4.78, 5) is 13.0. The van der Waals surface area contributed by atoms with Crippen molar-refractivity contribution in [2.24, 2.45) is 0 Å². The van der Waals surface area contributed by atoms with Crippen molar-refractivity contribution >= 4 is 49.8 Å². The van der Waals surface area contributed by atoms with E-state index in [0.717, 1.165) is 20.1 Å². The van der Waals surface area contributed by atoms with Gasteiger partial charge in [-0.05, 0) is 79.4 Å². The van der Waals surface area contributed by atoms with E-state index in [1.54, 1.807) is 14.2 Å². The normalized spacial score (nSPS) is 16.7. The fraction of sp³-hybridized carbons (Fsp3) is 0.261. The molecule has 0 unspecified atom stereocenters. The maximum atomic E-state index is 13.0. The average molecular weight is 554 g/mol. The molecule has 6 nitrogen and oxygen atoms in total. The van der Waals surface area contributed by atoms with Gasteiger partial charge in [0.15, 0.2) is 19.4 Å². The Morgan fingerprint density at radius 2 is 1.29 bits per heavy atom. The summed E-state index contributed by atoms with van der Waals surface area (Å²) in [6.07, 6.45) is 3.66. The van der Waals surface area contributed by atoms with Gasteiger partial charge in [0, 0.05) is 25.4 Å². The Balaban J connectivity index is 1.78. The first-order valence-electron chi connectivity index (χ1n) is 9.38. The lowest BCUT2D eigenvalue weighted by atomic mass is 9.98. The summed E-state index contributed by atoms with van der Waals surface area (Å²) in [5, 5.41) is 0. The molecule has 8 heteroatoms. The van der Waals surface area contributed by atoms with E-state index in [-0.39, 0.29) is 32.6 Å². The number of benzene rings is 2. The van der Waals surface area contributed by atoms with Crippen molar-refractivity contribution < 1.29 is 28.5 Å². The number of ketones is 1. The van der Waals surface area contributed by atoms with Crippen molar-refractivity contribution in [1.82, 2.24) is 0 Å². The van der Waals surface area contributed by atoms with Crippen LogP contribution in [0.3, 0.4) is 0 Å². The third-order valence-corrected chi connectivity index (χ3v) is 5.60. The second-order valence-corrected chi connectivity index (χ2v) is 8.35. The topological polar surface area (TPSA) is 63.2 Å². The summed E-state index contributed by atoms with van der Waals surface area (Å²) in [7, 11) is 3.13. The van der Waals surface area contributed by atoms with Gasteiger partial charge in [-0.1, -0.05) is 12.1 Å². The number of hydrogen-bond donors (Lipinski definition) is 0. The average Bonchev–Trinajstić information content (AvgIpc) is 2.75. The fourth-order valence-corrected chi connectivity index (χ4v) is 3.94. The lowest BCUT2D eigenvalue weighted by Gasteiger charge is -2.18. The van der Waals surface area contributed by atoms with E-state index in [4.69, 9.17) is 23.7 Å². The first-order valence-corrected chi connectivity index (χ1v) is 11.0. The molecule has 3 rings (SSSR count). The van der Waals surface area contributed by atoms with Gasteiger partial charge in [-0.3, -0.25) is 4.79 Å². The van der Waals surface area contributed by atoms with Crippen LogP contribution in [0, 0.1) is 0 Å². The largest absolute Gasteiger partial charge is 0.466 e. The molecule has 0 aromatic heterocycles. The molecule has 0 N–H and O–H groups in total. The molecule has 1 fully saturated rings. The van der Waals surface area contributed by atoms with Crippen molar-refractivity contribution in [3.05, 3.63) is 67.6 Å². The summed E-state index contributed by atoms with van der Waals surface area (Å²) in [5.74, 6) is 1.30. The molecular weight excluding hydrogens is 532 g/mol. The minimum absolute atomic E-state index is 0.0297. The Bertz CT molecular complexity index is 922. The molecule has 2 aromatic carbocycles. The summed E-state index contributed by atoms with van der Waals surface area (Å²) >= 11 is 6.96. The highest BCUT2D eigenvalue weighted by Gasteiger charge is 2.21. The van der Waals surface area contributed by atoms with E-state index in [2.05, 4.69) is 31.9 Å². The lowest BCUT2D eigenvalue weighted by Crippen LogP contribution is -2.21. The zero-order valence-corrected chi connectivity index (χ0v) is 20.3. The number of ether oxygens (including phenoxy) is 5. The molecule has 1 aliphatic heterocycles. The van der Waals surface area contributed by atoms with Gasteiger partial charge in [-0.25, -0.2) is 0 Å². The highest BCUT2D eigenvalue weighted by Crippen LogP contribution is 2.29. The third kappa shape index (κ3) is 6.51. The lowest BCUT2D eigenvalue weighted by molar-refractivity contribution is -0.114. The number of methoxy groups -OCH3 is 2. The van der Waals surface area contributed by atoms with Gasteiger partial charge in [-0.2, -0.15) is 0 Å². The standard InChI is InChI=1S/C23H22Br2O6/c1-27-13-30-21-5-3-15(9-19(21)24)7-17-11-29-12-18(23(17)26)8-16-4-6-22(20(25)10-16)31-14-28-2/h3-10H,11-14H2,1-2H3/b17-7+,18-8+. The van der Waals surface area contributed by atoms with Crippen LogP contribution in [-0.2, 0) is 19.0 Å². The van der Waals surface area contributed by atoms with Gasteiger partial charge in [0.25, 0.3) is 0 Å². The van der Waals surface area contributed by atoms with Crippen LogP contribution in [0.15, 0.2) is 56.5 Å². The molecule has 0 bridgehead atoms. The second kappa shape index (κ2) is 11.6. The number of hydrogen-bond acceptors (Lipinski definition) is 6. The zero-order valence-electron chi connectivity index (χ0n) is 17.2. The molecule has 1 aliphatic rings. The van der Waals surface area contributed by atoms with Crippen molar-refractivity contribution in [2.45, 2.75) is 0 Å². The summed E-state index contributed by atoms with van der Waals surface area (Å²) < 4.78 is 28.0. The SMILES string of the molecule is COCOc1ccc(/C=C2\COC/C(=C\c3ccc(OCOC)c(Br)c3)C2=O)cc1Br. The molecule has 0 radical (unpaired) electrons. The van der Waals surface area contributed by atoms with Gasteiger partial charge in [0.2, 0.25) is 0 Å². The zero-order chi connectivity index (χ0) is 22.2. The maximum absolute atomic E-state index is 13.0. The van der Waals surface area contributed by atoms with Gasteiger partial charge >= 0.3 is 0 Å². The summed E-state index contributed by atoms with van der Waals surface area (Å²) in [5.41, 5.74) is 2.92. The Kier molecular flexibility index (Phi) is 8.86. The Hall–Kier alpha value is -1.97. The van der Waals surface area contributed by atoms with Crippen LogP contribution in [0.4, 0.5) is 0 Å². The predicted molar refractivity (Wildman–Crippen MR) is 125 cm³/mol. The van der Waals surface area contributed by atoms with E-state index < -0.39 is 0 Å². The Morgan fingerprint density at radius 3 is 1.68 bits per heavy atom. The van der Waals surface area contributed by atoms with Crippen molar-refractivity contribution in [3.8, 4) is 11.5 Å². The molecule has 0 aliphatic carbocycles. The smallest absolute Gasteiger partial charge is 0.189 e. The minimum Gasteiger partial charge on any atom is -0.466 e. The molecule has 31 heavy (non-hydrogen) atoms. The molecule has 0 atom stereocenters. The van der Waals surface area contributed by atoms with Crippen LogP contribution in [0.25, 0.3) is 12.2 Å². The van der Waals surface area contributed by atoms with Gasteiger partial charge in [0.05, 0.1) is 22.2 Å². The third-order valence-electron chi connectivity index (χ3n) is 4.36. The van der Waals surface area contributed by atoms with Gasteiger partial charge in [0.1, 0.15) is 11.5 Å². The molecule has 2 aromatic rings. The van der Waals surface area contributed by atoms with Crippen molar-refractivity contribution in [3.63, 3.8) is 0 Å².